The third-order valence-corrected chi connectivity index (χ3v) is 8.50. The second-order valence-electron chi connectivity index (χ2n) is 7.87. The van der Waals surface area contributed by atoms with Crippen molar-refractivity contribution in [3.8, 4) is 0 Å². The molecule has 0 spiro atoms. The first-order valence-electron chi connectivity index (χ1n) is 11.2. The molecule has 0 aromatic heterocycles. The van der Waals surface area contributed by atoms with Crippen molar-refractivity contribution in [2.75, 3.05) is 19.3 Å². The van der Waals surface area contributed by atoms with Crippen LogP contribution in [0.3, 0.4) is 0 Å². The van der Waals surface area contributed by atoms with Crippen molar-refractivity contribution in [3.63, 3.8) is 0 Å². The summed E-state index contributed by atoms with van der Waals surface area (Å²) in [7, 11) is 3.87. The van der Waals surface area contributed by atoms with Crippen LogP contribution in [-0.4, -0.2) is 19.3 Å². The topological polar surface area (TPSA) is 12.0 Å². The summed E-state index contributed by atoms with van der Waals surface area (Å²) in [5, 5.41) is 6.32. The van der Waals surface area contributed by atoms with Crippen LogP contribution in [0.1, 0.15) is 44.1 Å². The summed E-state index contributed by atoms with van der Waals surface area (Å²) in [6.07, 6.45) is 6.73. The van der Waals surface area contributed by atoms with Crippen LogP contribution in [0.2, 0.25) is 0 Å². The fourth-order valence-corrected chi connectivity index (χ4v) is 6.67. The van der Waals surface area contributed by atoms with Crippen LogP contribution in [0.25, 0.3) is 0 Å². The van der Waals surface area contributed by atoms with Crippen molar-refractivity contribution in [1.82, 2.24) is 5.32 Å². The van der Waals surface area contributed by atoms with E-state index in [1.165, 1.54) is 61.1 Å². The molecule has 3 aromatic rings. The molecule has 1 saturated heterocycles. The van der Waals surface area contributed by atoms with Crippen LogP contribution in [0.4, 0.5) is 0 Å². The zero-order valence-corrected chi connectivity index (χ0v) is 21.9. The Kier molecular flexibility index (Phi) is 14.0. The van der Waals surface area contributed by atoms with Gasteiger partial charge in [0.25, 0.3) is 0 Å². The van der Waals surface area contributed by atoms with Crippen LogP contribution >= 0.6 is 17.6 Å². The van der Waals surface area contributed by atoms with Crippen molar-refractivity contribution >= 4 is 28.2 Å². The molecule has 1 aliphatic heterocycles. The Bertz CT molecular complexity index is 746. The number of hydrogen-bond donors (Lipinski definition) is 1. The van der Waals surface area contributed by atoms with Gasteiger partial charge in [-0.15, -0.1) is 0 Å². The molecular weight excluding hydrogens is 506 g/mol. The van der Waals surface area contributed by atoms with Gasteiger partial charge in [0.05, 0.1) is 24.7 Å². The number of hydrogen-bond acceptors (Lipinski definition) is 1. The summed E-state index contributed by atoms with van der Waals surface area (Å²) in [5.74, 6) is 0.614. The average Bonchev–Trinajstić information content (AvgIpc) is 2.88. The van der Waals surface area contributed by atoms with Crippen molar-refractivity contribution in [3.05, 3.63) is 96.6 Å². The molecule has 31 heavy (non-hydrogen) atoms. The SMILES string of the molecule is C1CCNCC1.CC(CC[PH+](c1ccccc1)c1ccccc1)c1ccccc1.[Cl][Ru+]. The third kappa shape index (κ3) is 9.97. The van der Waals surface area contributed by atoms with Crippen LogP contribution < -0.4 is 15.9 Å². The van der Waals surface area contributed by atoms with E-state index in [-0.39, 0.29) is 0 Å². The van der Waals surface area contributed by atoms with Gasteiger partial charge in [0.1, 0.15) is 0 Å². The van der Waals surface area contributed by atoms with Gasteiger partial charge in [0, 0.05) is 0 Å². The number of piperidine rings is 1. The normalized spacial score (nSPS) is 13.9. The summed E-state index contributed by atoms with van der Waals surface area (Å²) < 4.78 is 0. The van der Waals surface area contributed by atoms with Crippen molar-refractivity contribution in [2.45, 2.75) is 38.5 Å². The fraction of sp³-hybridized carbons (Fsp3) is 0.333. The number of benzene rings is 3. The first kappa shape index (κ1) is 26.2. The molecule has 1 atom stereocenters. The molecule has 0 radical (unpaired) electrons. The van der Waals surface area contributed by atoms with Gasteiger partial charge in [-0.25, -0.2) is 0 Å². The Balaban J connectivity index is 0.000000363. The van der Waals surface area contributed by atoms with Gasteiger partial charge >= 0.3 is 27.0 Å². The van der Waals surface area contributed by atoms with Crippen molar-refractivity contribution < 1.29 is 17.3 Å². The molecule has 0 aliphatic carbocycles. The van der Waals surface area contributed by atoms with Crippen molar-refractivity contribution in [2.24, 2.45) is 0 Å². The third-order valence-electron chi connectivity index (χ3n) is 5.65. The van der Waals surface area contributed by atoms with Gasteiger partial charge in [0.15, 0.2) is 0 Å². The summed E-state index contributed by atoms with van der Waals surface area (Å²) in [5.41, 5.74) is 1.45. The monoisotopic (exact) mass is 541 g/mol. The van der Waals surface area contributed by atoms with E-state index in [1.807, 2.05) is 17.3 Å². The Morgan fingerprint density at radius 3 is 1.58 bits per heavy atom. The Morgan fingerprint density at radius 2 is 1.19 bits per heavy atom. The van der Waals surface area contributed by atoms with Crippen LogP contribution in [0.5, 0.6) is 0 Å². The molecule has 0 amide bonds. The molecule has 0 bridgehead atoms. The van der Waals surface area contributed by atoms with E-state index in [4.69, 9.17) is 0 Å². The van der Waals surface area contributed by atoms with Crippen LogP contribution in [0.15, 0.2) is 91.0 Å². The zero-order valence-electron chi connectivity index (χ0n) is 18.4. The van der Waals surface area contributed by atoms with E-state index in [0.717, 1.165) is 0 Å². The van der Waals surface area contributed by atoms with E-state index in [2.05, 4.69) is 113 Å². The second kappa shape index (κ2) is 16.6. The molecule has 1 heterocycles. The van der Waals surface area contributed by atoms with Crippen LogP contribution in [-0.2, 0) is 17.3 Å². The van der Waals surface area contributed by atoms with Crippen molar-refractivity contribution in [1.29, 1.82) is 0 Å². The molecule has 1 unspecified atom stereocenters. The number of rotatable bonds is 6. The minimum absolute atomic E-state index is 0.614. The van der Waals surface area contributed by atoms with Gasteiger partial charge in [-0.05, 0) is 68.1 Å². The molecule has 1 aliphatic rings. The number of nitrogens with one attached hydrogen (secondary N) is 1. The van der Waals surface area contributed by atoms with Crippen LogP contribution in [0, 0.1) is 0 Å². The number of halogens is 1. The Hall–Kier alpha value is -1.04. The fourth-order valence-electron chi connectivity index (χ4n) is 3.84. The molecule has 0 saturated carbocycles. The molecule has 1 N–H and O–H groups in total. The molecule has 4 rings (SSSR count). The minimum atomic E-state index is -0.702. The van der Waals surface area contributed by atoms with Gasteiger partial charge in [-0.1, -0.05) is 80.1 Å². The van der Waals surface area contributed by atoms with Gasteiger partial charge in [-0.2, -0.15) is 0 Å². The van der Waals surface area contributed by atoms with Gasteiger partial charge in [-0.3, -0.25) is 0 Å². The summed E-state index contributed by atoms with van der Waals surface area (Å²) in [6, 6.07) is 33.0. The zero-order chi connectivity index (χ0) is 22.2. The molecule has 3 aromatic carbocycles. The summed E-state index contributed by atoms with van der Waals surface area (Å²) in [4.78, 5) is 0. The molecular formula is C27H35ClNPRu+2. The molecule has 1 nitrogen and oxygen atoms in total. The van der Waals surface area contributed by atoms with E-state index < -0.39 is 7.92 Å². The summed E-state index contributed by atoms with van der Waals surface area (Å²) >= 11 is 1.82. The predicted molar refractivity (Wildman–Crippen MR) is 137 cm³/mol. The second-order valence-corrected chi connectivity index (χ2v) is 10.5. The first-order chi connectivity index (χ1) is 15.3. The Morgan fingerprint density at radius 1 is 0.742 bits per heavy atom. The Labute approximate surface area is 204 Å². The van der Waals surface area contributed by atoms with Gasteiger partial charge in [0.2, 0.25) is 0 Å². The van der Waals surface area contributed by atoms with E-state index in [0.29, 0.717) is 5.92 Å². The van der Waals surface area contributed by atoms with E-state index in [9.17, 15) is 0 Å². The maximum absolute atomic E-state index is 4.57. The molecule has 166 valence electrons. The van der Waals surface area contributed by atoms with E-state index >= 15 is 0 Å². The quantitative estimate of drug-likeness (QED) is 0.278. The first-order valence-corrected chi connectivity index (χ1v) is 15.1. The molecule has 1 fully saturated rings. The standard InChI is InChI=1S/C22H23P.C5H11N.ClH.Ru/c1-19(20-11-5-2-6-12-20)17-18-23(21-13-7-3-8-14-21)22-15-9-4-10-16-22;1-2-4-6-5-3-1;;/h2-16,19H,17-18H2,1H3;6H,1-5H2;1H;/q;;;+2. The van der Waals surface area contributed by atoms with E-state index in [1.54, 1.807) is 0 Å². The molecule has 4 heteroatoms. The summed E-state index contributed by atoms with van der Waals surface area (Å²) in [6.45, 7) is 4.85. The van der Waals surface area contributed by atoms with Gasteiger partial charge < -0.3 is 5.32 Å². The average molecular weight is 541 g/mol. The maximum atomic E-state index is 4.57. The predicted octanol–water partition coefficient (Wildman–Crippen LogP) is 6.49.